The van der Waals surface area contributed by atoms with Gasteiger partial charge in [0.25, 0.3) is 5.56 Å². The van der Waals surface area contributed by atoms with Crippen LogP contribution < -0.4 is 21.5 Å². The number of carboxylic acids is 1. The third kappa shape index (κ3) is 6.09. The van der Waals surface area contributed by atoms with E-state index >= 15 is 0 Å². The van der Waals surface area contributed by atoms with E-state index < -0.39 is 29.4 Å². The topological polar surface area (TPSA) is 166 Å². The zero-order valence-corrected chi connectivity index (χ0v) is 23.9. The van der Waals surface area contributed by atoms with Crippen molar-refractivity contribution < 1.29 is 27.9 Å². The van der Waals surface area contributed by atoms with Crippen molar-refractivity contribution in [1.82, 2.24) is 24.4 Å². The van der Waals surface area contributed by atoms with E-state index in [1.807, 2.05) is 30.3 Å². The minimum Gasteiger partial charge on any atom is -0.475 e. The van der Waals surface area contributed by atoms with Crippen molar-refractivity contribution in [3.63, 3.8) is 0 Å². The summed E-state index contributed by atoms with van der Waals surface area (Å²) in [5.74, 6) is -1.91. The molecule has 0 saturated carbocycles. The highest BCUT2D eigenvalue weighted by Gasteiger charge is 2.41. The van der Waals surface area contributed by atoms with Gasteiger partial charge in [-0.05, 0) is 24.0 Å². The molecule has 12 nitrogen and oxygen atoms in total. The van der Waals surface area contributed by atoms with Gasteiger partial charge < -0.3 is 15.3 Å². The number of fused-ring (bicyclic) bond motifs is 2. The lowest BCUT2D eigenvalue weighted by Gasteiger charge is -2.29. The highest BCUT2D eigenvalue weighted by atomic mass is 19.4. The quantitative estimate of drug-likeness (QED) is 0.274. The van der Waals surface area contributed by atoms with Crippen molar-refractivity contribution in [1.29, 1.82) is 5.26 Å². The fourth-order valence-corrected chi connectivity index (χ4v) is 5.93. The number of alkyl halides is 3. The molecule has 4 aromatic rings. The van der Waals surface area contributed by atoms with Gasteiger partial charge in [0, 0.05) is 44.7 Å². The highest BCUT2D eigenvalue weighted by Crippen LogP contribution is 2.38. The normalized spacial score (nSPS) is 18.2. The first-order valence-corrected chi connectivity index (χ1v) is 14.0. The van der Waals surface area contributed by atoms with Gasteiger partial charge in [0.1, 0.15) is 0 Å². The van der Waals surface area contributed by atoms with E-state index in [1.165, 1.54) is 4.57 Å². The number of hydrogen-bond acceptors (Lipinski definition) is 8. The Hall–Kier alpha value is -5.23. The van der Waals surface area contributed by atoms with Crippen LogP contribution in [0, 0.1) is 17.2 Å². The molecule has 234 valence electrons. The number of carbonyl (C=O) groups is 2. The summed E-state index contributed by atoms with van der Waals surface area (Å²) in [7, 11) is 1.57. The molecule has 3 N–H and O–H groups in total. The maximum atomic E-state index is 13.6. The van der Waals surface area contributed by atoms with Crippen LogP contribution in [0.15, 0.2) is 64.2 Å². The van der Waals surface area contributed by atoms with Gasteiger partial charge in [-0.15, -0.1) is 0 Å². The molecule has 2 aliphatic rings. The number of carboxylic acid groups (broad SMARTS) is 1. The first-order chi connectivity index (χ1) is 21.4. The molecule has 0 amide bonds. The van der Waals surface area contributed by atoms with Gasteiger partial charge in [0.05, 0.1) is 17.7 Å². The number of halogens is 3. The number of aliphatic carboxylic acids is 1. The molecule has 2 aromatic heterocycles. The van der Waals surface area contributed by atoms with Crippen molar-refractivity contribution in [3.8, 4) is 6.07 Å². The number of aryl methyl sites for hydroxylation is 1. The number of ketones is 1. The average molecular weight is 624 g/mol. The molecule has 0 bridgehead atoms. The predicted octanol–water partition coefficient (Wildman–Crippen LogP) is 2.59. The second kappa shape index (κ2) is 12.4. The van der Waals surface area contributed by atoms with Crippen LogP contribution in [0.4, 0.5) is 19.1 Å². The Morgan fingerprint density at radius 1 is 1.11 bits per heavy atom. The SMILES string of the molecule is Cn1c(=O)[nH]c(=O)c2c1nc(N1CCC3CNCC31)n2C(CC(=O)c1ccccc1)c1ccccc1C#N.O=C(O)C(F)(F)F. The first kappa shape index (κ1) is 31.2. The molecule has 0 radical (unpaired) electrons. The maximum Gasteiger partial charge on any atom is 0.490 e. The van der Waals surface area contributed by atoms with Gasteiger partial charge >= 0.3 is 17.8 Å². The van der Waals surface area contributed by atoms with Crippen molar-refractivity contribution in [2.45, 2.75) is 31.1 Å². The van der Waals surface area contributed by atoms with E-state index in [1.54, 1.807) is 35.9 Å². The maximum absolute atomic E-state index is 13.6. The molecule has 45 heavy (non-hydrogen) atoms. The number of nitrogens with one attached hydrogen (secondary N) is 2. The van der Waals surface area contributed by atoms with Crippen LogP contribution in [0.3, 0.4) is 0 Å². The molecule has 3 atom stereocenters. The number of Topliss-reactive ketones (excluding diaryl/α,β-unsaturated/α-hetero) is 1. The van der Waals surface area contributed by atoms with Gasteiger partial charge in [-0.1, -0.05) is 48.5 Å². The standard InChI is InChI=1S/C28H27N7O3.C2HF3O2/c1-33-25-24(26(37)32-28(33)38)35(27(31-25)34-12-11-19-15-30-16-22(19)34)21(20-10-6-5-9-18(20)14-29)13-23(36)17-7-3-2-4-8-17;3-2(4,5)1(6)7/h2-10,19,21-22,30H,11-13,15-16H2,1H3,(H,32,37,38);(H,6,7). The second-order valence-corrected chi connectivity index (χ2v) is 10.8. The van der Waals surface area contributed by atoms with E-state index in [2.05, 4.69) is 21.3 Å². The number of anilines is 1. The summed E-state index contributed by atoms with van der Waals surface area (Å²) in [6, 6.07) is 17.8. The molecule has 2 saturated heterocycles. The van der Waals surface area contributed by atoms with Crippen LogP contribution in [-0.2, 0) is 11.8 Å². The van der Waals surface area contributed by atoms with E-state index in [-0.39, 0.29) is 29.4 Å². The highest BCUT2D eigenvalue weighted by molar-refractivity contribution is 5.96. The number of aromatic nitrogens is 4. The molecule has 2 aromatic carbocycles. The van der Waals surface area contributed by atoms with Gasteiger partial charge in [-0.3, -0.25) is 23.7 Å². The monoisotopic (exact) mass is 623 g/mol. The van der Waals surface area contributed by atoms with Gasteiger partial charge in [-0.25, -0.2) is 9.59 Å². The molecule has 0 aliphatic carbocycles. The average Bonchev–Trinajstić information content (AvgIpc) is 3.74. The smallest absolute Gasteiger partial charge is 0.475 e. The van der Waals surface area contributed by atoms with Crippen molar-refractivity contribution >= 4 is 28.9 Å². The Morgan fingerprint density at radius 2 is 1.78 bits per heavy atom. The summed E-state index contributed by atoms with van der Waals surface area (Å²) in [6.45, 7) is 2.44. The predicted molar refractivity (Wildman–Crippen MR) is 156 cm³/mol. The molecule has 0 spiro atoms. The summed E-state index contributed by atoms with van der Waals surface area (Å²) >= 11 is 0. The number of carbonyl (C=O) groups excluding carboxylic acids is 1. The molecular formula is C30H28F3N7O5. The number of H-pyrrole nitrogens is 1. The molecular weight excluding hydrogens is 595 g/mol. The summed E-state index contributed by atoms with van der Waals surface area (Å²) in [6.07, 6.45) is -4.11. The lowest BCUT2D eigenvalue weighted by molar-refractivity contribution is -0.192. The Bertz CT molecular complexity index is 1910. The summed E-state index contributed by atoms with van der Waals surface area (Å²) in [5, 5.41) is 20.5. The Labute approximate surface area is 253 Å². The fraction of sp³-hybridized carbons (Fsp3) is 0.333. The molecule has 4 heterocycles. The molecule has 15 heteroatoms. The second-order valence-electron chi connectivity index (χ2n) is 10.8. The summed E-state index contributed by atoms with van der Waals surface area (Å²) < 4.78 is 34.8. The summed E-state index contributed by atoms with van der Waals surface area (Å²) in [5.41, 5.74) is 0.886. The van der Waals surface area contributed by atoms with Crippen LogP contribution in [0.1, 0.15) is 40.4 Å². The third-order valence-corrected chi connectivity index (χ3v) is 8.10. The number of aromatic amines is 1. The Morgan fingerprint density at radius 3 is 2.44 bits per heavy atom. The van der Waals surface area contributed by atoms with Crippen molar-refractivity contribution in [3.05, 3.63) is 92.1 Å². The number of nitrogens with zero attached hydrogens (tertiary/aromatic N) is 5. The van der Waals surface area contributed by atoms with Crippen LogP contribution >= 0.6 is 0 Å². The zero-order chi connectivity index (χ0) is 32.5. The number of benzene rings is 2. The fourth-order valence-electron chi connectivity index (χ4n) is 5.93. The number of nitriles is 1. The largest absolute Gasteiger partial charge is 0.490 e. The zero-order valence-electron chi connectivity index (χ0n) is 23.9. The Kier molecular flexibility index (Phi) is 8.60. The minimum atomic E-state index is -5.08. The number of imidazole rings is 1. The first-order valence-electron chi connectivity index (χ1n) is 14.0. The van der Waals surface area contributed by atoms with Crippen LogP contribution in [0.2, 0.25) is 0 Å². The minimum absolute atomic E-state index is 0.00360. The lowest BCUT2D eigenvalue weighted by Crippen LogP contribution is -2.37. The molecule has 6 rings (SSSR count). The molecule has 2 fully saturated rings. The molecule has 2 aliphatic heterocycles. The van der Waals surface area contributed by atoms with Gasteiger partial charge in [0.15, 0.2) is 16.9 Å². The third-order valence-electron chi connectivity index (χ3n) is 8.10. The van der Waals surface area contributed by atoms with E-state index in [0.29, 0.717) is 28.6 Å². The van der Waals surface area contributed by atoms with Crippen molar-refractivity contribution in [2.75, 3.05) is 24.5 Å². The van der Waals surface area contributed by atoms with E-state index in [9.17, 15) is 32.8 Å². The van der Waals surface area contributed by atoms with Crippen LogP contribution in [0.25, 0.3) is 11.2 Å². The van der Waals surface area contributed by atoms with E-state index in [0.717, 1.165) is 26.1 Å². The number of rotatable bonds is 6. The Balaban J connectivity index is 0.000000515. The van der Waals surface area contributed by atoms with Gasteiger partial charge in [-0.2, -0.15) is 23.4 Å². The van der Waals surface area contributed by atoms with E-state index in [4.69, 9.17) is 14.9 Å². The van der Waals surface area contributed by atoms with Crippen LogP contribution in [-0.4, -0.2) is 67.8 Å². The van der Waals surface area contributed by atoms with Crippen LogP contribution in [0.5, 0.6) is 0 Å². The summed E-state index contributed by atoms with van der Waals surface area (Å²) in [4.78, 5) is 57.8. The van der Waals surface area contributed by atoms with Gasteiger partial charge in [0.2, 0.25) is 5.95 Å². The lowest BCUT2D eigenvalue weighted by atomic mass is 9.94. The number of hydrogen-bond donors (Lipinski definition) is 3. The molecule has 3 unspecified atom stereocenters. The van der Waals surface area contributed by atoms with Crippen molar-refractivity contribution in [2.24, 2.45) is 13.0 Å².